The molecule has 118 valence electrons. The van der Waals surface area contributed by atoms with Gasteiger partial charge in [0.05, 0.1) is 6.10 Å². The van der Waals surface area contributed by atoms with Gasteiger partial charge in [-0.1, -0.05) is 24.3 Å². The predicted octanol–water partition coefficient (Wildman–Crippen LogP) is 2.76. The van der Waals surface area contributed by atoms with E-state index in [1.54, 1.807) is 0 Å². The molecule has 0 spiro atoms. The van der Waals surface area contributed by atoms with Crippen molar-refractivity contribution in [3.63, 3.8) is 0 Å². The molecule has 4 heteroatoms. The molecule has 0 aliphatic rings. The number of para-hydroxylation sites is 1. The maximum Gasteiger partial charge on any atom is 0.127 e. The number of hydrogen-bond acceptors (Lipinski definition) is 4. The van der Waals surface area contributed by atoms with Crippen LogP contribution in [0.5, 0.6) is 11.5 Å². The first kappa shape index (κ1) is 16.5. The summed E-state index contributed by atoms with van der Waals surface area (Å²) >= 11 is 0. The Balaban J connectivity index is 2.09. The average molecular weight is 300 g/mol. The SMILES string of the molecule is CNCCC(N)C(O)c1ccc(Oc2ccccc2)cc1C. The molecule has 2 unspecified atom stereocenters. The second kappa shape index (κ2) is 7.94. The van der Waals surface area contributed by atoms with Crippen molar-refractivity contribution < 1.29 is 9.84 Å². The number of aliphatic hydroxyl groups is 1. The van der Waals surface area contributed by atoms with Crippen LogP contribution >= 0.6 is 0 Å². The normalized spacial score (nSPS) is 13.6. The molecule has 4 nitrogen and oxygen atoms in total. The van der Waals surface area contributed by atoms with Crippen LogP contribution in [0.2, 0.25) is 0 Å². The molecular formula is C18H24N2O2. The van der Waals surface area contributed by atoms with Gasteiger partial charge in [-0.2, -0.15) is 0 Å². The summed E-state index contributed by atoms with van der Waals surface area (Å²) in [7, 11) is 1.88. The Labute approximate surface area is 131 Å². The summed E-state index contributed by atoms with van der Waals surface area (Å²) in [6, 6.07) is 15.0. The molecule has 2 aromatic rings. The minimum atomic E-state index is -0.667. The molecule has 0 amide bonds. The Morgan fingerprint density at radius 2 is 1.86 bits per heavy atom. The van der Waals surface area contributed by atoms with Crippen LogP contribution in [0, 0.1) is 6.92 Å². The summed E-state index contributed by atoms with van der Waals surface area (Å²) in [4.78, 5) is 0. The van der Waals surface area contributed by atoms with Crippen LogP contribution in [0.1, 0.15) is 23.7 Å². The summed E-state index contributed by atoms with van der Waals surface area (Å²) in [6.07, 6.45) is 0.0541. The number of hydrogen-bond donors (Lipinski definition) is 3. The van der Waals surface area contributed by atoms with E-state index >= 15 is 0 Å². The lowest BCUT2D eigenvalue weighted by atomic mass is 9.96. The minimum Gasteiger partial charge on any atom is -0.457 e. The van der Waals surface area contributed by atoms with Crippen LogP contribution in [0.15, 0.2) is 48.5 Å². The molecule has 0 heterocycles. The number of aryl methyl sites for hydroxylation is 1. The molecular weight excluding hydrogens is 276 g/mol. The van der Waals surface area contributed by atoms with E-state index in [1.807, 2.05) is 62.5 Å². The van der Waals surface area contributed by atoms with Gasteiger partial charge in [0.1, 0.15) is 11.5 Å². The van der Waals surface area contributed by atoms with E-state index < -0.39 is 6.10 Å². The monoisotopic (exact) mass is 300 g/mol. The van der Waals surface area contributed by atoms with Crippen LogP contribution in [-0.4, -0.2) is 24.7 Å². The first-order valence-electron chi connectivity index (χ1n) is 7.53. The zero-order valence-corrected chi connectivity index (χ0v) is 13.1. The molecule has 0 fully saturated rings. The molecule has 2 aromatic carbocycles. The second-order valence-electron chi connectivity index (χ2n) is 5.43. The van der Waals surface area contributed by atoms with Crippen LogP contribution < -0.4 is 15.8 Å². The first-order chi connectivity index (χ1) is 10.6. The number of rotatable bonds is 7. The second-order valence-corrected chi connectivity index (χ2v) is 5.43. The van der Waals surface area contributed by atoms with E-state index in [1.165, 1.54) is 0 Å². The summed E-state index contributed by atoms with van der Waals surface area (Å²) in [5.74, 6) is 1.55. The quantitative estimate of drug-likeness (QED) is 0.735. The molecule has 2 rings (SSSR count). The highest BCUT2D eigenvalue weighted by Crippen LogP contribution is 2.27. The van der Waals surface area contributed by atoms with Gasteiger partial charge in [-0.25, -0.2) is 0 Å². The van der Waals surface area contributed by atoms with Crippen LogP contribution in [0.4, 0.5) is 0 Å². The lowest BCUT2D eigenvalue weighted by Gasteiger charge is -2.21. The Morgan fingerprint density at radius 3 is 2.50 bits per heavy atom. The maximum atomic E-state index is 10.4. The number of nitrogens with two attached hydrogens (primary N) is 1. The highest BCUT2D eigenvalue weighted by atomic mass is 16.5. The smallest absolute Gasteiger partial charge is 0.127 e. The molecule has 0 radical (unpaired) electrons. The number of aliphatic hydroxyl groups excluding tert-OH is 1. The van der Waals surface area contributed by atoms with Gasteiger partial charge >= 0.3 is 0 Å². The van der Waals surface area contributed by atoms with Crippen molar-refractivity contribution in [2.24, 2.45) is 5.73 Å². The Hall–Kier alpha value is -1.88. The van der Waals surface area contributed by atoms with Crippen molar-refractivity contribution in [2.75, 3.05) is 13.6 Å². The Morgan fingerprint density at radius 1 is 1.14 bits per heavy atom. The van der Waals surface area contributed by atoms with Crippen molar-refractivity contribution in [3.8, 4) is 11.5 Å². The topological polar surface area (TPSA) is 67.5 Å². The lowest BCUT2D eigenvalue weighted by molar-refractivity contribution is 0.141. The third kappa shape index (κ3) is 4.31. The van der Waals surface area contributed by atoms with Crippen molar-refractivity contribution >= 4 is 0 Å². The van der Waals surface area contributed by atoms with E-state index in [2.05, 4.69) is 5.32 Å². The van der Waals surface area contributed by atoms with E-state index in [0.717, 1.165) is 35.6 Å². The van der Waals surface area contributed by atoms with Gasteiger partial charge in [-0.15, -0.1) is 0 Å². The van der Waals surface area contributed by atoms with Crippen LogP contribution in [-0.2, 0) is 0 Å². The van der Waals surface area contributed by atoms with E-state index in [4.69, 9.17) is 10.5 Å². The summed E-state index contributed by atoms with van der Waals surface area (Å²) in [5.41, 5.74) is 7.87. The van der Waals surface area contributed by atoms with Gasteiger partial charge in [0, 0.05) is 6.04 Å². The van der Waals surface area contributed by atoms with Gasteiger partial charge in [0.25, 0.3) is 0 Å². The van der Waals surface area contributed by atoms with E-state index in [0.29, 0.717) is 0 Å². The molecule has 0 bridgehead atoms. The zero-order chi connectivity index (χ0) is 15.9. The number of benzene rings is 2. The molecule has 0 saturated heterocycles. The van der Waals surface area contributed by atoms with Crippen molar-refractivity contribution in [3.05, 3.63) is 59.7 Å². The lowest BCUT2D eigenvalue weighted by Crippen LogP contribution is -2.31. The highest BCUT2D eigenvalue weighted by molar-refractivity contribution is 5.39. The molecule has 0 aliphatic carbocycles. The fourth-order valence-electron chi connectivity index (χ4n) is 2.37. The van der Waals surface area contributed by atoms with Gasteiger partial charge in [0.2, 0.25) is 0 Å². The molecule has 0 saturated carbocycles. The molecule has 2 atom stereocenters. The summed E-state index contributed by atoms with van der Waals surface area (Å²) < 4.78 is 5.80. The standard InChI is InChI=1S/C18H24N2O2/c1-13-12-15(22-14-6-4-3-5-7-14)8-9-16(13)18(21)17(19)10-11-20-2/h3-9,12,17-18,20-21H,10-11,19H2,1-2H3. The molecule has 22 heavy (non-hydrogen) atoms. The van der Waals surface area contributed by atoms with Gasteiger partial charge < -0.3 is 20.9 Å². The van der Waals surface area contributed by atoms with Crippen LogP contribution in [0.25, 0.3) is 0 Å². The van der Waals surface area contributed by atoms with Crippen LogP contribution in [0.3, 0.4) is 0 Å². The van der Waals surface area contributed by atoms with Gasteiger partial charge in [0.15, 0.2) is 0 Å². The minimum absolute atomic E-state index is 0.285. The van der Waals surface area contributed by atoms with Gasteiger partial charge in [-0.3, -0.25) is 0 Å². The van der Waals surface area contributed by atoms with Crippen molar-refractivity contribution in [1.29, 1.82) is 0 Å². The van der Waals surface area contributed by atoms with E-state index in [-0.39, 0.29) is 6.04 Å². The zero-order valence-electron chi connectivity index (χ0n) is 13.1. The Bertz CT molecular complexity index is 587. The Kier molecular flexibility index (Phi) is 5.95. The third-order valence-corrected chi connectivity index (χ3v) is 3.67. The summed E-state index contributed by atoms with van der Waals surface area (Å²) in [5, 5.41) is 13.4. The molecule has 4 N–H and O–H groups in total. The first-order valence-corrected chi connectivity index (χ1v) is 7.53. The predicted molar refractivity (Wildman–Crippen MR) is 89.2 cm³/mol. The van der Waals surface area contributed by atoms with Crippen molar-refractivity contribution in [1.82, 2.24) is 5.32 Å². The fraction of sp³-hybridized carbons (Fsp3) is 0.333. The van der Waals surface area contributed by atoms with Gasteiger partial charge in [-0.05, 0) is 62.3 Å². The average Bonchev–Trinajstić information content (AvgIpc) is 2.53. The number of nitrogens with one attached hydrogen (secondary N) is 1. The van der Waals surface area contributed by atoms with Crippen molar-refractivity contribution in [2.45, 2.75) is 25.5 Å². The summed E-state index contributed by atoms with van der Waals surface area (Å²) in [6.45, 7) is 2.74. The molecule has 0 aliphatic heterocycles. The third-order valence-electron chi connectivity index (χ3n) is 3.67. The van der Waals surface area contributed by atoms with E-state index in [9.17, 15) is 5.11 Å². The maximum absolute atomic E-state index is 10.4. The fourth-order valence-corrected chi connectivity index (χ4v) is 2.37. The molecule has 0 aromatic heterocycles. The highest BCUT2D eigenvalue weighted by Gasteiger charge is 2.18. The number of ether oxygens (including phenoxy) is 1. The largest absolute Gasteiger partial charge is 0.457 e.